The minimum Gasteiger partial charge on any atom is -0.314 e. The monoisotopic (exact) mass is 224 g/mol. The molecular weight excluding hydrogens is 200 g/mol. The molecule has 2 unspecified atom stereocenters. The quantitative estimate of drug-likeness (QED) is 0.798. The molecule has 1 aromatic heterocycles. The van der Waals surface area contributed by atoms with Gasteiger partial charge >= 0.3 is 0 Å². The van der Waals surface area contributed by atoms with E-state index in [0.717, 1.165) is 18.7 Å². The third-order valence-electron chi connectivity index (χ3n) is 3.23. The first-order valence-corrected chi connectivity index (χ1v) is 6.13. The smallest absolute Gasteiger partial charge is 0.0842 e. The van der Waals surface area contributed by atoms with Crippen LogP contribution in [0.25, 0.3) is 0 Å². The molecule has 0 radical (unpaired) electrons. The van der Waals surface area contributed by atoms with Crippen molar-refractivity contribution in [2.24, 2.45) is 18.9 Å². The highest BCUT2D eigenvalue weighted by molar-refractivity contribution is 4.97. The fourth-order valence-corrected chi connectivity index (χ4v) is 1.88. The second kappa shape index (κ2) is 5.99. The van der Waals surface area contributed by atoms with Gasteiger partial charge in [0.2, 0.25) is 0 Å². The Morgan fingerprint density at radius 3 is 2.50 bits per heavy atom. The van der Waals surface area contributed by atoms with Gasteiger partial charge in [-0.15, -0.1) is 5.10 Å². The predicted molar refractivity (Wildman–Crippen MR) is 66.2 cm³/mol. The zero-order valence-electron chi connectivity index (χ0n) is 11.1. The van der Waals surface area contributed by atoms with E-state index in [4.69, 9.17) is 0 Å². The van der Waals surface area contributed by atoms with Crippen LogP contribution < -0.4 is 5.32 Å². The third kappa shape index (κ3) is 3.59. The van der Waals surface area contributed by atoms with Gasteiger partial charge in [-0.2, -0.15) is 0 Å². The van der Waals surface area contributed by atoms with E-state index in [2.05, 4.69) is 43.3 Å². The lowest BCUT2D eigenvalue weighted by Gasteiger charge is -2.27. The van der Waals surface area contributed by atoms with Crippen molar-refractivity contribution in [2.75, 3.05) is 6.54 Å². The summed E-state index contributed by atoms with van der Waals surface area (Å²) < 4.78 is 1.76. The molecule has 16 heavy (non-hydrogen) atoms. The minimum atomic E-state index is 0.488. The van der Waals surface area contributed by atoms with Gasteiger partial charge in [0, 0.05) is 25.7 Å². The topological polar surface area (TPSA) is 42.7 Å². The summed E-state index contributed by atoms with van der Waals surface area (Å²) in [5.74, 6) is 1.32. The number of likely N-dealkylation sites (N-methyl/N-ethyl adjacent to an activating group) is 1. The van der Waals surface area contributed by atoms with E-state index >= 15 is 0 Å². The van der Waals surface area contributed by atoms with Crippen LogP contribution in [0.2, 0.25) is 0 Å². The molecule has 0 spiro atoms. The Labute approximate surface area is 98.4 Å². The lowest BCUT2D eigenvalue weighted by atomic mass is 9.88. The SMILES string of the molecule is CCNC(Cc1cn(C)nn1)C(C)C(C)C. The molecule has 0 amide bonds. The van der Waals surface area contributed by atoms with Crippen LogP contribution in [0, 0.1) is 11.8 Å². The number of aryl methyl sites for hydroxylation is 1. The second-order valence-corrected chi connectivity index (χ2v) is 4.85. The van der Waals surface area contributed by atoms with Gasteiger partial charge in [-0.3, -0.25) is 4.68 Å². The molecule has 0 bridgehead atoms. The molecule has 0 saturated heterocycles. The maximum absolute atomic E-state index is 4.15. The van der Waals surface area contributed by atoms with Gasteiger partial charge in [-0.25, -0.2) is 0 Å². The van der Waals surface area contributed by atoms with E-state index < -0.39 is 0 Å². The molecule has 0 aliphatic carbocycles. The Bertz CT molecular complexity index is 306. The summed E-state index contributed by atoms with van der Waals surface area (Å²) in [4.78, 5) is 0. The van der Waals surface area contributed by atoms with Crippen molar-refractivity contribution < 1.29 is 0 Å². The predicted octanol–water partition coefficient (Wildman–Crippen LogP) is 1.63. The van der Waals surface area contributed by atoms with Crippen molar-refractivity contribution in [2.45, 2.75) is 40.2 Å². The lowest BCUT2D eigenvalue weighted by Crippen LogP contribution is -2.39. The normalized spacial score (nSPS) is 15.4. The maximum atomic E-state index is 4.15. The minimum absolute atomic E-state index is 0.488. The number of hydrogen-bond donors (Lipinski definition) is 1. The van der Waals surface area contributed by atoms with Crippen LogP contribution in [0.15, 0.2) is 6.20 Å². The van der Waals surface area contributed by atoms with E-state index in [0.29, 0.717) is 17.9 Å². The Hall–Kier alpha value is -0.900. The summed E-state index contributed by atoms with van der Waals surface area (Å²) >= 11 is 0. The van der Waals surface area contributed by atoms with Crippen LogP contribution >= 0.6 is 0 Å². The molecule has 1 N–H and O–H groups in total. The van der Waals surface area contributed by atoms with Gasteiger partial charge in [0.15, 0.2) is 0 Å². The number of aromatic nitrogens is 3. The van der Waals surface area contributed by atoms with Crippen LogP contribution in [0.1, 0.15) is 33.4 Å². The fraction of sp³-hybridized carbons (Fsp3) is 0.833. The number of nitrogens with zero attached hydrogens (tertiary/aromatic N) is 3. The first-order valence-electron chi connectivity index (χ1n) is 6.13. The van der Waals surface area contributed by atoms with Crippen LogP contribution in [0.3, 0.4) is 0 Å². The van der Waals surface area contributed by atoms with E-state index in [-0.39, 0.29) is 0 Å². The summed E-state index contributed by atoms with van der Waals surface area (Å²) in [6.07, 6.45) is 2.96. The van der Waals surface area contributed by atoms with Crippen LogP contribution in [0.4, 0.5) is 0 Å². The average molecular weight is 224 g/mol. The molecule has 1 heterocycles. The number of rotatable bonds is 6. The van der Waals surface area contributed by atoms with E-state index in [1.807, 2.05) is 13.2 Å². The largest absolute Gasteiger partial charge is 0.314 e. The van der Waals surface area contributed by atoms with Crippen molar-refractivity contribution in [3.8, 4) is 0 Å². The fourth-order valence-electron chi connectivity index (χ4n) is 1.88. The summed E-state index contributed by atoms with van der Waals surface area (Å²) in [5, 5.41) is 11.7. The highest BCUT2D eigenvalue weighted by atomic mass is 15.4. The highest BCUT2D eigenvalue weighted by Gasteiger charge is 2.20. The van der Waals surface area contributed by atoms with Gasteiger partial charge in [0.25, 0.3) is 0 Å². The Morgan fingerprint density at radius 2 is 2.06 bits per heavy atom. The molecule has 0 saturated carbocycles. The summed E-state index contributed by atoms with van der Waals surface area (Å²) in [6.45, 7) is 9.99. The molecule has 1 rings (SSSR count). The highest BCUT2D eigenvalue weighted by Crippen LogP contribution is 2.17. The molecule has 0 aliphatic rings. The molecule has 0 fully saturated rings. The molecular formula is C12H24N4. The Kier molecular flexibility index (Phi) is 4.93. The molecule has 2 atom stereocenters. The number of nitrogens with one attached hydrogen (secondary N) is 1. The summed E-state index contributed by atoms with van der Waals surface area (Å²) in [5.41, 5.74) is 1.07. The van der Waals surface area contributed by atoms with E-state index in [9.17, 15) is 0 Å². The molecule has 0 aromatic carbocycles. The number of hydrogen-bond acceptors (Lipinski definition) is 3. The van der Waals surface area contributed by atoms with Crippen LogP contribution in [-0.4, -0.2) is 27.6 Å². The van der Waals surface area contributed by atoms with Crippen molar-refractivity contribution >= 4 is 0 Å². The molecule has 4 nitrogen and oxygen atoms in total. The zero-order chi connectivity index (χ0) is 12.1. The van der Waals surface area contributed by atoms with Crippen molar-refractivity contribution in [1.29, 1.82) is 0 Å². The van der Waals surface area contributed by atoms with E-state index in [1.54, 1.807) is 4.68 Å². The third-order valence-corrected chi connectivity index (χ3v) is 3.23. The first kappa shape index (κ1) is 13.2. The molecule has 4 heteroatoms. The second-order valence-electron chi connectivity index (χ2n) is 4.85. The summed E-state index contributed by atoms with van der Waals surface area (Å²) in [6, 6.07) is 0.488. The standard InChI is InChI=1S/C12H24N4/c1-6-13-12(10(4)9(2)3)7-11-8-16(5)15-14-11/h8-10,12-13H,6-7H2,1-5H3. The van der Waals surface area contributed by atoms with Crippen molar-refractivity contribution in [1.82, 2.24) is 20.3 Å². The Balaban J connectivity index is 2.63. The van der Waals surface area contributed by atoms with Crippen molar-refractivity contribution in [3.05, 3.63) is 11.9 Å². The average Bonchev–Trinajstić information content (AvgIpc) is 2.62. The van der Waals surface area contributed by atoms with Gasteiger partial charge < -0.3 is 5.32 Å². The summed E-state index contributed by atoms with van der Waals surface area (Å²) in [7, 11) is 1.91. The van der Waals surface area contributed by atoms with Crippen LogP contribution in [-0.2, 0) is 13.5 Å². The van der Waals surface area contributed by atoms with Crippen molar-refractivity contribution in [3.63, 3.8) is 0 Å². The van der Waals surface area contributed by atoms with Gasteiger partial charge in [-0.05, 0) is 18.4 Å². The van der Waals surface area contributed by atoms with Gasteiger partial charge in [-0.1, -0.05) is 32.9 Å². The zero-order valence-corrected chi connectivity index (χ0v) is 11.1. The van der Waals surface area contributed by atoms with Gasteiger partial charge in [0.1, 0.15) is 0 Å². The van der Waals surface area contributed by atoms with E-state index in [1.165, 1.54) is 0 Å². The lowest BCUT2D eigenvalue weighted by molar-refractivity contribution is 0.299. The molecule has 0 aliphatic heterocycles. The Morgan fingerprint density at radius 1 is 1.38 bits per heavy atom. The molecule has 1 aromatic rings. The van der Waals surface area contributed by atoms with Crippen LogP contribution in [0.5, 0.6) is 0 Å². The maximum Gasteiger partial charge on any atom is 0.0842 e. The van der Waals surface area contributed by atoms with Gasteiger partial charge in [0.05, 0.1) is 5.69 Å². The molecule has 92 valence electrons. The first-order chi connectivity index (χ1) is 7.54.